The minimum absolute atomic E-state index is 0.0639. The first-order chi connectivity index (χ1) is 14.8. The van der Waals surface area contributed by atoms with Gasteiger partial charge in [0.25, 0.3) is 0 Å². The van der Waals surface area contributed by atoms with Gasteiger partial charge >= 0.3 is 5.97 Å². The molecule has 0 aliphatic rings. The van der Waals surface area contributed by atoms with Gasteiger partial charge in [0.15, 0.2) is 5.96 Å². The number of rotatable bonds is 14. The van der Waals surface area contributed by atoms with Gasteiger partial charge < -0.3 is 43.4 Å². The van der Waals surface area contributed by atoms with Crippen molar-refractivity contribution in [3.05, 3.63) is 0 Å². The Labute approximate surface area is 187 Å². The Kier molecular flexibility index (Phi) is 12.9. The van der Waals surface area contributed by atoms with Crippen molar-refractivity contribution >= 4 is 29.7 Å². The van der Waals surface area contributed by atoms with Crippen molar-refractivity contribution in [3.63, 3.8) is 0 Å². The van der Waals surface area contributed by atoms with Gasteiger partial charge in [0.05, 0.1) is 12.1 Å². The normalized spacial score (nSPS) is 16.4. The second-order valence-corrected chi connectivity index (χ2v) is 7.72. The first-order valence-corrected chi connectivity index (χ1v) is 10.4. The summed E-state index contributed by atoms with van der Waals surface area (Å²) in [6, 6.07) is -4.57. The van der Waals surface area contributed by atoms with Crippen LogP contribution in [0.2, 0.25) is 0 Å². The number of nitrogens with zero attached hydrogens (tertiary/aromatic N) is 1. The maximum Gasteiger partial charge on any atom is 0.325 e. The Morgan fingerprint density at radius 2 is 1.47 bits per heavy atom. The summed E-state index contributed by atoms with van der Waals surface area (Å²) in [5.74, 6) is -3.78. The molecule has 11 N–H and O–H groups in total. The fraction of sp³-hybridized carbons (Fsp3) is 0.737. The number of nitrogens with one attached hydrogen (secondary N) is 3. The van der Waals surface area contributed by atoms with Crippen molar-refractivity contribution in [1.29, 1.82) is 0 Å². The lowest BCUT2D eigenvalue weighted by molar-refractivity contribution is -0.142. The molecule has 13 nitrogen and oxygen atoms in total. The molecule has 0 aliphatic carbocycles. The van der Waals surface area contributed by atoms with Gasteiger partial charge in [0, 0.05) is 6.54 Å². The zero-order chi connectivity index (χ0) is 25.0. The van der Waals surface area contributed by atoms with Crippen molar-refractivity contribution in [3.8, 4) is 0 Å². The summed E-state index contributed by atoms with van der Waals surface area (Å²) in [6.07, 6.45) is -0.0484. The van der Waals surface area contributed by atoms with Crippen LogP contribution in [0.4, 0.5) is 0 Å². The smallest absolute Gasteiger partial charge is 0.325 e. The van der Waals surface area contributed by atoms with Crippen LogP contribution in [0.15, 0.2) is 4.99 Å². The van der Waals surface area contributed by atoms with E-state index in [-0.39, 0.29) is 18.3 Å². The SMILES string of the molecule is CCC(C)C(NC(=O)C(N)CCCN=C(N)N)C(=O)NC(C(=O)NC(C)C(=O)O)C(C)O. The van der Waals surface area contributed by atoms with Crippen LogP contribution in [0, 0.1) is 5.92 Å². The second-order valence-electron chi connectivity index (χ2n) is 7.72. The first-order valence-electron chi connectivity index (χ1n) is 10.4. The average molecular weight is 460 g/mol. The number of aliphatic hydroxyl groups excluding tert-OH is 1. The van der Waals surface area contributed by atoms with E-state index >= 15 is 0 Å². The molecule has 6 unspecified atom stereocenters. The Balaban J connectivity index is 5.22. The molecule has 32 heavy (non-hydrogen) atoms. The predicted octanol–water partition coefficient (Wildman–Crippen LogP) is -2.65. The highest BCUT2D eigenvalue weighted by Crippen LogP contribution is 2.10. The number of carboxylic acid groups (broad SMARTS) is 1. The molecule has 0 fully saturated rings. The van der Waals surface area contributed by atoms with E-state index in [1.165, 1.54) is 13.8 Å². The zero-order valence-corrected chi connectivity index (χ0v) is 19.0. The molecule has 3 amide bonds. The molecule has 0 saturated carbocycles. The van der Waals surface area contributed by atoms with Gasteiger partial charge in [-0.1, -0.05) is 20.3 Å². The van der Waals surface area contributed by atoms with Crippen molar-refractivity contribution < 1.29 is 29.4 Å². The highest BCUT2D eigenvalue weighted by atomic mass is 16.4. The summed E-state index contributed by atoms with van der Waals surface area (Å²) in [4.78, 5) is 52.4. The van der Waals surface area contributed by atoms with Crippen LogP contribution in [0.5, 0.6) is 0 Å². The van der Waals surface area contributed by atoms with Crippen LogP contribution in [0.25, 0.3) is 0 Å². The maximum absolute atomic E-state index is 12.9. The number of guanidine groups is 1. The van der Waals surface area contributed by atoms with E-state index in [1.807, 2.05) is 6.92 Å². The lowest BCUT2D eigenvalue weighted by atomic mass is 9.97. The van der Waals surface area contributed by atoms with Gasteiger partial charge in [-0.15, -0.1) is 0 Å². The molecule has 0 aliphatic heterocycles. The highest BCUT2D eigenvalue weighted by molar-refractivity contribution is 5.94. The summed E-state index contributed by atoms with van der Waals surface area (Å²) >= 11 is 0. The summed E-state index contributed by atoms with van der Waals surface area (Å²) in [5.41, 5.74) is 16.4. The number of aliphatic hydroxyl groups is 1. The molecule has 0 bridgehead atoms. The lowest BCUT2D eigenvalue weighted by Crippen LogP contribution is -2.60. The Bertz CT molecular complexity index is 681. The standard InChI is InChI=1S/C19H37N7O6/c1-5-9(2)13(25-15(28)12(20)7-6-8-23-19(21)22)16(29)26-14(11(4)27)17(30)24-10(3)18(31)32/h9-14,27H,5-8,20H2,1-4H3,(H,24,30)(H,25,28)(H,26,29)(H,31,32)(H4,21,22,23). The van der Waals surface area contributed by atoms with Gasteiger partial charge in [-0.3, -0.25) is 24.2 Å². The van der Waals surface area contributed by atoms with Crippen LogP contribution >= 0.6 is 0 Å². The number of aliphatic imine (C=N–C) groups is 1. The van der Waals surface area contributed by atoms with E-state index in [0.29, 0.717) is 19.4 Å². The molecule has 6 atom stereocenters. The Morgan fingerprint density at radius 1 is 0.938 bits per heavy atom. The number of amides is 3. The van der Waals surface area contributed by atoms with Crippen molar-refractivity contribution in [2.75, 3.05) is 6.54 Å². The van der Waals surface area contributed by atoms with Crippen LogP contribution < -0.4 is 33.2 Å². The Morgan fingerprint density at radius 3 is 1.94 bits per heavy atom. The number of carbonyl (C=O) groups excluding carboxylic acids is 3. The highest BCUT2D eigenvalue weighted by Gasteiger charge is 2.33. The van der Waals surface area contributed by atoms with Crippen molar-refractivity contribution in [2.24, 2.45) is 28.1 Å². The molecular formula is C19H37N7O6. The van der Waals surface area contributed by atoms with Crippen molar-refractivity contribution in [2.45, 2.75) is 77.2 Å². The van der Waals surface area contributed by atoms with Gasteiger partial charge in [-0.25, -0.2) is 0 Å². The maximum atomic E-state index is 12.9. The number of hydrogen-bond donors (Lipinski definition) is 8. The molecule has 184 valence electrons. The largest absolute Gasteiger partial charge is 0.480 e. The monoisotopic (exact) mass is 459 g/mol. The molecular weight excluding hydrogens is 422 g/mol. The van der Waals surface area contributed by atoms with Crippen LogP contribution in [-0.4, -0.2) is 76.7 Å². The number of carbonyl (C=O) groups is 4. The van der Waals surface area contributed by atoms with E-state index in [4.69, 9.17) is 22.3 Å². The lowest BCUT2D eigenvalue weighted by Gasteiger charge is -2.28. The Hall–Kier alpha value is -2.93. The van der Waals surface area contributed by atoms with Gasteiger partial charge in [-0.05, 0) is 32.6 Å². The summed E-state index contributed by atoms with van der Waals surface area (Å²) in [6.45, 7) is 6.38. The van der Waals surface area contributed by atoms with Crippen LogP contribution in [0.1, 0.15) is 47.0 Å². The molecule has 13 heteroatoms. The molecule has 0 spiro atoms. The van der Waals surface area contributed by atoms with E-state index < -0.39 is 54.0 Å². The molecule has 0 saturated heterocycles. The third-order valence-corrected chi connectivity index (χ3v) is 4.89. The number of hydrogen-bond acceptors (Lipinski definition) is 7. The van der Waals surface area contributed by atoms with Gasteiger partial charge in [-0.2, -0.15) is 0 Å². The van der Waals surface area contributed by atoms with Crippen LogP contribution in [0.3, 0.4) is 0 Å². The van der Waals surface area contributed by atoms with E-state index in [2.05, 4.69) is 20.9 Å². The van der Waals surface area contributed by atoms with Crippen molar-refractivity contribution in [1.82, 2.24) is 16.0 Å². The van der Waals surface area contributed by atoms with Gasteiger partial charge in [0.1, 0.15) is 18.1 Å². The fourth-order valence-electron chi connectivity index (χ4n) is 2.63. The average Bonchev–Trinajstić information content (AvgIpc) is 2.71. The number of aliphatic carboxylic acids is 1. The minimum atomic E-state index is -1.42. The minimum Gasteiger partial charge on any atom is -0.480 e. The van der Waals surface area contributed by atoms with Crippen LogP contribution in [-0.2, 0) is 19.2 Å². The fourth-order valence-corrected chi connectivity index (χ4v) is 2.63. The molecule has 0 radical (unpaired) electrons. The molecule has 0 aromatic carbocycles. The quantitative estimate of drug-likeness (QED) is 0.0768. The second kappa shape index (κ2) is 14.2. The summed E-state index contributed by atoms with van der Waals surface area (Å²) < 4.78 is 0. The summed E-state index contributed by atoms with van der Waals surface area (Å²) in [7, 11) is 0. The topological polar surface area (TPSA) is 235 Å². The third-order valence-electron chi connectivity index (χ3n) is 4.89. The summed E-state index contributed by atoms with van der Waals surface area (Å²) in [5, 5.41) is 26.0. The van der Waals surface area contributed by atoms with E-state index in [0.717, 1.165) is 0 Å². The molecule has 0 aromatic heterocycles. The molecule has 0 aromatic rings. The van der Waals surface area contributed by atoms with Gasteiger partial charge in [0.2, 0.25) is 17.7 Å². The molecule has 0 rings (SSSR count). The predicted molar refractivity (Wildman–Crippen MR) is 118 cm³/mol. The zero-order valence-electron chi connectivity index (χ0n) is 19.0. The number of carboxylic acids is 1. The number of nitrogens with two attached hydrogens (primary N) is 3. The van der Waals surface area contributed by atoms with E-state index in [1.54, 1.807) is 6.92 Å². The first kappa shape index (κ1) is 29.1. The third kappa shape index (κ3) is 10.4. The molecule has 0 heterocycles. The van der Waals surface area contributed by atoms with E-state index in [9.17, 15) is 24.3 Å².